The molecule has 196 valence electrons. The molecule has 0 atom stereocenters. The summed E-state index contributed by atoms with van der Waals surface area (Å²) in [4.78, 5) is 27.3. The smallest absolute Gasteiger partial charge is 0.199 e. The van der Waals surface area contributed by atoms with Crippen molar-refractivity contribution >= 4 is 34.8 Å². The van der Waals surface area contributed by atoms with E-state index in [-0.39, 0.29) is 43.9 Å². The highest BCUT2D eigenvalue weighted by Crippen LogP contribution is 2.42. The van der Waals surface area contributed by atoms with Crippen LogP contribution in [0.1, 0.15) is 123 Å². The van der Waals surface area contributed by atoms with E-state index < -0.39 is 0 Å². The van der Waals surface area contributed by atoms with Crippen LogP contribution in [0.25, 0.3) is 0 Å². The molecule has 0 aliphatic heterocycles. The molecule has 0 heterocycles. The van der Waals surface area contributed by atoms with Gasteiger partial charge < -0.3 is 9.47 Å². The van der Waals surface area contributed by atoms with E-state index in [9.17, 15) is 9.59 Å². The molecular weight excluding hydrogens is 495 g/mol. The lowest BCUT2D eigenvalue weighted by Gasteiger charge is -2.24. The van der Waals surface area contributed by atoms with E-state index in [1.165, 1.54) is 51.4 Å². The Bertz CT molecular complexity index is 966. The van der Waals surface area contributed by atoms with Gasteiger partial charge in [0.25, 0.3) is 0 Å². The summed E-state index contributed by atoms with van der Waals surface area (Å²) in [5.41, 5.74) is 0.726. The monoisotopic (exact) mass is 532 g/mol. The molecule has 4 nitrogen and oxygen atoms in total. The molecule has 0 N–H and O–H groups in total. The Hall–Kier alpha value is -2.04. The van der Waals surface area contributed by atoms with Gasteiger partial charge in [-0.05, 0) is 37.1 Å². The quantitative estimate of drug-likeness (QED) is 0.172. The minimum atomic E-state index is -0.352. The zero-order chi connectivity index (χ0) is 25.9. The number of carbonyl (C=O) groups is 2. The lowest BCUT2D eigenvalue weighted by molar-refractivity contribution is 0.0972. The zero-order valence-corrected chi connectivity index (χ0v) is 23.1. The second kappa shape index (κ2) is 14.6. The molecule has 1 aliphatic carbocycles. The number of benzene rings is 2. The molecule has 6 heteroatoms. The Morgan fingerprint density at radius 1 is 0.528 bits per heavy atom. The second-order valence-electron chi connectivity index (χ2n) is 9.48. The SMILES string of the molecule is CCCCCCCCOc1ccc(OCCCCCCCC)c2c1C(=O)c1c(Cl)ccc(Cl)c1C2=O. The van der Waals surface area contributed by atoms with Crippen LogP contribution in [0.4, 0.5) is 0 Å². The molecular formula is C30H38Cl2O4. The Kier molecular flexibility index (Phi) is 11.6. The van der Waals surface area contributed by atoms with E-state index in [1.807, 2.05) is 0 Å². The highest BCUT2D eigenvalue weighted by atomic mass is 35.5. The maximum absolute atomic E-state index is 13.7. The maximum Gasteiger partial charge on any atom is 0.199 e. The Morgan fingerprint density at radius 2 is 0.889 bits per heavy atom. The van der Waals surface area contributed by atoms with Crippen LogP contribution < -0.4 is 9.47 Å². The number of hydrogen-bond donors (Lipinski definition) is 0. The van der Waals surface area contributed by atoms with Crippen LogP contribution in [-0.4, -0.2) is 24.8 Å². The molecule has 0 radical (unpaired) electrons. The molecule has 36 heavy (non-hydrogen) atoms. The van der Waals surface area contributed by atoms with E-state index in [0.717, 1.165) is 25.7 Å². The van der Waals surface area contributed by atoms with Crippen LogP contribution >= 0.6 is 23.2 Å². The van der Waals surface area contributed by atoms with Gasteiger partial charge in [0.05, 0.1) is 45.5 Å². The van der Waals surface area contributed by atoms with Crippen molar-refractivity contribution in [1.29, 1.82) is 0 Å². The van der Waals surface area contributed by atoms with Gasteiger partial charge in [-0.25, -0.2) is 0 Å². The molecule has 0 unspecified atom stereocenters. The fraction of sp³-hybridized carbons (Fsp3) is 0.533. The van der Waals surface area contributed by atoms with E-state index >= 15 is 0 Å². The van der Waals surface area contributed by atoms with Crippen LogP contribution in [0.15, 0.2) is 24.3 Å². The zero-order valence-electron chi connectivity index (χ0n) is 21.6. The van der Waals surface area contributed by atoms with Crippen LogP contribution in [0.2, 0.25) is 10.0 Å². The topological polar surface area (TPSA) is 52.6 Å². The fourth-order valence-corrected chi connectivity index (χ4v) is 5.12. The fourth-order valence-electron chi connectivity index (χ4n) is 4.63. The first kappa shape index (κ1) is 28.5. The van der Waals surface area contributed by atoms with Crippen molar-refractivity contribution in [3.63, 3.8) is 0 Å². The van der Waals surface area contributed by atoms with Crippen molar-refractivity contribution < 1.29 is 19.1 Å². The third-order valence-corrected chi connectivity index (χ3v) is 7.28. The summed E-state index contributed by atoms with van der Waals surface area (Å²) in [6.45, 7) is 5.36. The van der Waals surface area contributed by atoms with Gasteiger partial charge >= 0.3 is 0 Å². The predicted octanol–water partition coefficient (Wildman–Crippen LogP) is 9.25. The number of ether oxygens (including phenoxy) is 2. The normalized spacial score (nSPS) is 12.4. The summed E-state index contributed by atoms with van der Waals surface area (Å²) >= 11 is 12.7. The molecule has 0 spiro atoms. The first-order chi connectivity index (χ1) is 17.5. The molecule has 3 rings (SSSR count). The highest BCUT2D eigenvalue weighted by Gasteiger charge is 2.38. The number of rotatable bonds is 16. The number of fused-ring (bicyclic) bond motifs is 2. The summed E-state index contributed by atoms with van der Waals surface area (Å²) in [5.74, 6) is 0.0844. The van der Waals surface area contributed by atoms with Gasteiger partial charge in [0, 0.05) is 0 Å². The number of halogens is 2. The lowest BCUT2D eigenvalue weighted by Crippen LogP contribution is -2.24. The van der Waals surface area contributed by atoms with Crippen molar-refractivity contribution in [1.82, 2.24) is 0 Å². The summed E-state index contributed by atoms with van der Waals surface area (Å²) in [5, 5.41) is 0.414. The molecule has 2 aromatic carbocycles. The number of ketones is 2. The summed E-state index contributed by atoms with van der Waals surface area (Å²) in [6, 6.07) is 6.57. The molecule has 0 saturated heterocycles. The molecule has 0 amide bonds. The van der Waals surface area contributed by atoms with Crippen LogP contribution in [0.5, 0.6) is 11.5 Å². The third-order valence-electron chi connectivity index (χ3n) is 6.65. The van der Waals surface area contributed by atoms with Gasteiger partial charge in [0.1, 0.15) is 11.5 Å². The Morgan fingerprint density at radius 3 is 1.28 bits per heavy atom. The number of hydrogen-bond acceptors (Lipinski definition) is 4. The van der Waals surface area contributed by atoms with Crippen molar-refractivity contribution in [2.75, 3.05) is 13.2 Å². The second-order valence-corrected chi connectivity index (χ2v) is 10.3. The molecule has 0 saturated carbocycles. The van der Waals surface area contributed by atoms with E-state index in [1.54, 1.807) is 24.3 Å². The minimum absolute atomic E-state index is 0.138. The van der Waals surface area contributed by atoms with Crippen LogP contribution in [-0.2, 0) is 0 Å². The molecule has 2 aromatic rings. The third kappa shape index (κ3) is 7.04. The van der Waals surface area contributed by atoms with Crippen molar-refractivity contribution in [2.45, 2.75) is 90.9 Å². The van der Waals surface area contributed by atoms with Gasteiger partial charge in [0.2, 0.25) is 0 Å². The highest BCUT2D eigenvalue weighted by molar-refractivity contribution is 6.44. The van der Waals surface area contributed by atoms with Crippen molar-refractivity contribution in [2.24, 2.45) is 0 Å². The number of unbranched alkanes of at least 4 members (excludes halogenated alkanes) is 10. The number of carbonyl (C=O) groups excluding carboxylic acids is 2. The van der Waals surface area contributed by atoms with E-state index in [2.05, 4.69) is 13.8 Å². The summed E-state index contributed by atoms with van der Waals surface area (Å²) in [6.07, 6.45) is 13.6. The lowest BCUT2D eigenvalue weighted by atomic mass is 9.83. The maximum atomic E-state index is 13.7. The first-order valence-corrected chi connectivity index (χ1v) is 14.3. The first-order valence-electron chi connectivity index (χ1n) is 13.5. The van der Waals surface area contributed by atoms with Gasteiger partial charge in [-0.2, -0.15) is 0 Å². The Labute approximate surface area is 225 Å². The largest absolute Gasteiger partial charge is 0.493 e. The summed E-state index contributed by atoms with van der Waals surface area (Å²) < 4.78 is 12.1. The van der Waals surface area contributed by atoms with Gasteiger partial charge in [0.15, 0.2) is 11.6 Å². The average molecular weight is 534 g/mol. The average Bonchev–Trinajstić information content (AvgIpc) is 2.87. The van der Waals surface area contributed by atoms with Crippen molar-refractivity contribution in [3.8, 4) is 11.5 Å². The van der Waals surface area contributed by atoms with Gasteiger partial charge in [-0.15, -0.1) is 0 Å². The standard InChI is InChI=1S/C30H38Cl2O4/c1-3-5-7-9-11-13-19-35-23-17-18-24(36-20-14-12-10-8-6-4-2)28-27(23)29(33)25-21(31)15-16-22(32)26(25)30(28)34/h15-18H,3-14,19-20H2,1-2H3. The molecule has 0 aromatic heterocycles. The van der Waals surface area contributed by atoms with Crippen molar-refractivity contribution in [3.05, 3.63) is 56.6 Å². The molecule has 1 aliphatic rings. The van der Waals surface area contributed by atoms with E-state index in [4.69, 9.17) is 32.7 Å². The van der Waals surface area contributed by atoms with Crippen LogP contribution in [0, 0.1) is 0 Å². The Balaban J connectivity index is 1.81. The predicted molar refractivity (Wildman–Crippen MR) is 148 cm³/mol. The minimum Gasteiger partial charge on any atom is -0.493 e. The van der Waals surface area contributed by atoms with E-state index in [0.29, 0.717) is 24.7 Å². The van der Waals surface area contributed by atoms with Crippen LogP contribution in [0.3, 0.4) is 0 Å². The van der Waals surface area contributed by atoms with Gasteiger partial charge in [-0.3, -0.25) is 9.59 Å². The molecule has 0 bridgehead atoms. The summed E-state index contributed by atoms with van der Waals surface area (Å²) in [7, 11) is 0. The molecule has 0 fully saturated rings. The van der Waals surface area contributed by atoms with Gasteiger partial charge in [-0.1, -0.05) is 101 Å².